The monoisotopic (exact) mass is 306 g/mol. The molecule has 118 valence electrons. The molecular formula is C20H22N2O. The summed E-state index contributed by atoms with van der Waals surface area (Å²) in [6.45, 7) is 4.25. The Kier molecular flexibility index (Phi) is 4.30. The SMILES string of the molecule is CC(C)(O)Cn1ccc(Cc2ccc(-c3cccnc3)cc2)c1. The molecule has 0 saturated carbocycles. The van der Waals surface area contributed by atoms with Crippen molar-refractivity contribution in [1.29, 1.82) is 0 Å². The fourth-order valence-corrected chi connectivity index (χ4v) is 2.72. The van der Waals surface area contributed by atoms with Crippen LogP contribution in [-0.2, 0) is 13.0 Å². The molecule has 0 atom stereocenters. The van der Waals surface area contributed by atoms with Gasteiger partial charge in [-0.15, -0.1) is 0 Å². The van der Waals surface area contributed by atoms with Gasteiger partial charge in [-0.3, -0.25) is 4.98 Å². The predicted octanol–water partition coefficient (Wildman–Crippen LogP) is 3.91. The molecule has 0 fully saturated rings. The predicted molar refractivity (Wildman–Crippen MR) is 93.2 cm³/mol. The Hall–Kier alpha value is -2.39. The van der Waals surface area contributed by atoms with E-state index < -0.39 is 5.60 Å². The summed E-state index contributed by atoms with van der Waals surface area (Å²) in [6.07, 6.45) is 8.69. The summed E-state index contributed by atoms with van der Waals surface area (Å²) in [5, 5.41) is 9.88. The number of aromatic nitrogens is 2. The van der Waals surface area contributed by atoms with Gasteiger partial charge in [-0.1, -0.05) is 30.3 Å². The average Bonchev–Trinajstić information content (AvgIpc) is 2.94. The normalized spacial score (nSPS) is 11.6. The van der Waals surface area contributed by atoms with Crippen molar-refractivity contribution in [2.24, 2.45) is 0 Å². The first kappa shape index (κ1) is 15.5. The third kappa shape index (κ3) is 4.30. The van der Waals surface area contributed by atoms with Crippen LogP contribution in [0.15, 0.2) is 67.3 Å². The first-order valence-electron chi connectivity index (χ1n) is 7.86. The second-order valence-electron chi connectivity index (χ2n) is 6.62. The zero-order valence-electron chi connectivity index (χ0n) is 13.6. The second kappa shape index (κ2) is 6.39. The summed E-state index contributed by atoms with van der Waals surface area (Å²) >= 11 is 0. The van der Waals surface area contributed by atoms with Gasteiger partial charge < -0.3 is 9.67 Å². The molecule has 23 heavy (non-hydrogen) atoms. The van der Waals surface area contributed by atoms with Gasteiger partial charge in [-0.05, 0) is 54.7 Å². The minimum Gasteiger partial charge on any atom is -0.389 e. The van der Waals surface area contributed by atoms with Crippen LogP contribution in [0.1, 0.15) is 25.0 Å². The van der Waals surface area contributed by atoms with Gasteiger partial charge in [0.25, 0.3) is 0 Å². The lowest BCUT2D eigenvalue weighted by Gasteiger charge is -2.17. The summed E-state index contributed by atoms with van der Waals surface area (Å²) in [7, 11) is 0. The lowest BCUT2D eigenvalue weighted by atomic mass is 10.0. The highest BCUT2D eigenvalue weighted by atomic mass is 16.3. The fourth-order valence-electron chi connectivity index (χ4n) is 2.72. The Morgan fingerprint density at radius 3 is 2.43 bits per heavy atom. The van der Waals surface area contributed by atoms with Crippen LogP contribution in [0.4, 0.5) is 0 Å². The van der Waals surface area contributed by atoms with E-state index in [0.717, 1.165) is 12.0 Å². The molecule has 0 aliphatic heterocycles. The molecule has 0 aliphatic carbocycles. The van der Waals surface area contributed by atoms with Gasteiger partial charge in [0.05, 0.1) is 12.1 Å². The number of nitrogens with zero attached hydrogens (tertiary/aromatic N) is 2. The summed E-state index contributed by atoms with van der Waals surface area (Å²) in [6, 6.07) is 14.7. The van der Waals surface area contributed by atoms with Crippen molar-refractivity contribution in [3.05, 3.63) is 78.4 Å². The van der Waals surface area contributed by atoms with Crippen LogP contribution in [0, 0.1) is 0 Å². The van der Waals surface area contributed by atoms with E-state index in [1.54, 1.807) is 6.20 Å². The van der Waals surface area contributed by atoms with Crippen molar-refractivity contribution in [2.75, 3.05) is 0 Å². The van der Waals surface area contributed by atoms with Crippen LogP contribution in [0.3, 0.4) is 0 Å². The van der Waals surface area contributed by atoms with E-state index in [4.69, 9.17) is 0 Å². The van der Waals surface area contributed by atoms with E-state index in [2.05, 4.69) is 47.6 Å². The van der Waals surface area contributed by atoms with Gasteiger partial charge in [0, 0.05) is 24.8 Å². The largest absolute Gasteiger partial charge is 0.389 e. The lowest BCUT2D eigenvalue weighted by molar-refractivity contribution is 0.0616. The fraction of sp³-hybridized carbons (Fsp3) is 0.250. The van der Waals surface area contributed by atoms with Crippen molar-refractivity contribution in [3.63, 3.8) is 0 Å². The summed E-state index contributed by atoms with van der Waals surface area (Å²) in [5.41, 5.74) is 4.15. The third-order valence-corrected chi connectivity index (χ3v) is 3.74. The van der Waals surface area contributed by atoms with Gasteiger partial charge >= 0.3 is 0 Å². The number of rotatable bonds is 5. The Morgan fingerprint density at radius 2 is 1.78 bits per heavy atom. The molecule has 1 N–H and O–H groups in total. The highest BCUT2D eigenvalue weighted by Crippen LogP contribution is 2.20. The summed E-state index contributed by atoms with van der Waals surface area (Å²) < 4.78 is 2.04. The Morgan fingerprint density at radius 1 is 1.00 bits per heavy atom. The molecule has 3 rings (SSSR count). The van der Waals surface area contributed by atoms with Crippen LogP contribution in [0.2, 0.25) is 0 Å². The number of aliphatic hydroxyl groups is 1. The minimum absolute atomic E-state index is 0.604. The Bertz CT molecular complexity index is 752. The van der Waals surface area contributed by atoms with E-state index in [1.807, 2.05) is 36.9 Å². The van der Waals surface area contributed by atoms with Crippen LogP contribution in [0.5, 0.6) is 0 Å². The van der Waals surface area contributed by atoms with Crippen LogP contribution in [-0.4, -0.2) is 20.3 Å². The Balaban J connectivity index is 1.69. The smallest absolute Gasteiger partial charge is 0.0769 e. The first-order chi connectivity index (χ1) is 11.0. The van der Waals surface area contributed by atoms with E-state index in [-0.39, 0.29) is 0 Å². The van der Waals surface area contributed by atoms with E-state index in [1.165, 1.54) is 16.7 Å². The zero-order valence-corrected chi connectivity index (χ0v) is 13.6. The molecule has 0 spiro atoms. The first-order valence-corrected chi connectivity index (χ1v) is 7.86. The second-order valence-corrected chi connectivity index (χ2v) is 6.62. The number of hydrogen-bond donors (Lipinski definition) is 1. The van der Waals surface area contributed by atoms with Crippen molar-refractivity contribution in [1.82, 2.24) is 9.55 Å². The minimum atomic E-state index is -0.693. The van der Waals surface area contributed by atoms with E-state index in [0.29, 0.717) is 6.54 Å². The van der Waals surface area contributed by atoms with Gasteiger partial charge in [0.2, 0.25) is 0 Å². The molecule has 0 radical (unpaired) electrons. The maximum Gasteiger partial charge on any atom is 0.0769 e. The summed E-state index contributed by atoms with van der Waals surface area (Å²) in [4.78, 5) is 4.16. The highest BCUT2D eigenvalue weighted by Gasteiger charge is 2.13. The number of pyridine rings is 1. The third-order valence-electron chi connectivity index (χ3n) is 3.74. The van der Waals surface area contributed by atoms with Gasteiger partial charge in [0.1, 0.15) is 0 Å². The standard InChI is InChI=1S/C20H22N2O/c1-20(2,23)15-22-11-9-17(14-22)12-16-5-7-18(8-6-16)19-4-3-10-21-13-19/h3-11,13-14,23H,12,15H2,1-2H3. The highest BCUT2D eigenvalue weighted by molar-refractivity contribution is 5.62. The van der Waals surface area contributed by atoms with Crippen LogP contribution >= 0.6 is 0 Å². The molecule has 2 aromatic heterocycles. The van der Waals surface area contributed by atoms with Gasteiger partial charge in [-0.25, -0.2) is 0 Å². The van der Waals surface area contributed by atoms with Crippen molar-refractivity contribution in [3.8, 4) is 11.1 Å². The topological polar surface area (TPSA) is 38.0 Å². The number of hydrogen-bond acceptors (Lipinski definition) is 2. The van der Waals surface area contributed by atoms with Crippen LogP contribution in [0.25, 0.3) is 11.1 Å². The molecular weight excluding hydrogens is 284 g/mol. The molecule has 3 nitrogen and oxygen atoms in total. The van der Waals surface area contributed by atoms with Crippen molar-refractivity contribution in [2.45, 2.75) is 32.4 Å². The van der Waals surface area contributed by atoms with Crippen molar-refractivity contribution < 1.29 is 5.11 Å². The zero-order chi connectivity index (χ0) is 16.3. The van der Waals surface area contributed by atoms with Gasteiger partial charge in [0.15, 0.2) is 0 Å². The maximum atomic E-state index is 9.88. The quantitative estimate of drug-likeness (QED) is 0.776. The molecule has 0 aliphatic rings. The van der Waals surface area contributed by atoms with Gasteiger partial charge in [-0.2, -0.15) is 0 Å². The molecule has 3 heteroatoms. The molecule has 0 saturated heterocycles. The number of benzene rings is 1. The lowest BCUT2D eigenvalue weighted by Crippen LogP contribution is -2.25. The molecule has 0 unspecified atom stereocenters. The van der Waals surface area contributed by atoms with Crippen LogP contribution < -0.4 is 0 Å². The summed E-state index contributed by atoms with van der Waals surface area (Å²) in [5.74, 6) is 0. The molecule has 2 heterocycles. The molecule has 3 aromatic rings. The molecule has 0 amide bonds. The average molecular weight is 306 g/mol. The van der Waals surface area contributed by atoms with Crippen molar-refractivity contribution >= 4 is 0 Å². The molecule has 0 bridgehead atoms. The maximum absolute atomic E-state index is 9.88. The van der Waals surface area contributed by atoms with E-state index >= 15 is 0 Å². The van der Waals surface area contributed by atoms with E-state index in [9.17, 15) is 5.11 Å². The molecule has 1 aromatic carbocycles. The Labute approximate surface area is 137 Å².